The van der Waals surface area contributed by atoms with Crippen LogP contribution in [0.15, 0.2) is 18.2 Å². The molecule has 2 aliphatic carbocycles. The Morgan fingerprint density at radius 1 is 1.03 bits per heavy atom. The van der Waals surface area contributed by atoms with Gasteiger partial charge >= 0.3 is 18.0 Å². The Morgan fingerprint density at radius 2 is 1.62 bits per heavy atom. The zero-order valence-corrected chi connectivity index (χ0v) is 18.0. The van der Waals surface area contributed by atoms with Crippen LogP contribution in [0.25, 0.3) is 0 Å². The Bertz CT molecular complexity index is 859. The van der Waals surface area contributed by atoms with Crippen molar-refractivity contribution in [1.29, 1.82) is 0 Å². The third-order valence-electron chi connectivity index (χ3n) is 6.93. The molecule has 0 spiro atoms. The summed E-state index contributed by atoms with van der Waals surface area (Å²) in [5.74, 6) is -0.142. The number of carbonyl (C=O) groups is 1. The van der Waals surface area contributed by atoms with Crippen LogP contribution in [-0.2, 0) is 16.9 Å². The molecule has 10 heteroatoms. The maximum Gasteiger partial charge on any atom is 0.435 e. The van der Waals surface area contributed by atoms with Gasteiger partial charge in [0.05, 0.1) is 5.54 Å². The second-order valence-corrected chi connectivity index (χ2v) is 9.60. The summed E-state index contributed by atoms with van der Waals surface area (Å²) in [5.41, 5.74) is -1.09. The fraction of sp³-hybridized carbons (Fsp3) is 0.682. The smallest absolute Gasteiger partial charge is 0.352 e. The van der Waals surface area contributed by atoms with Crippen molar-refractivity contribution in [3.05, 3.63) is 34.9 Å². The van der Waals surface area contributed by atoms with E-state index in [0.29, 0.717) is 30.0 Å². The Kier molecular flexibility index (Phi) is 6.11. The lowest BCUT2D eigenvalue weighted by atomic mass is 9.72. The summed E-state index contributed by atoms with van der Waals surface area (Å²) in [5, 5.41) is 2.92. The van der Waals surface area contributed by atoms with Crippen LogP contribution in [0.1, 0.15) is 62.6 Å². The first-order valence-corrected chi connectivity index (χ1v) is 10.5. The van der Waals surface area contributed by atoms with Gasteiger partial charge in [-0.15, -0.1) is 0 Å². The van der Waals surface area contributed by atoms with Gasteiger partial charge < -0.3 is 11.1 Å². The molecule has 2 aliphatic rings. The summed E-state index contributed by atoms with van der Waals surface area (Å²) < 4.78 is 93.2. The summed E-state index contributed by atoms with van der Waals surface area (Å²) in [6.45, 7) is 5.06. The highest BCUT2D eigenvalue weighted by Crippen LogP contribution is 2.55. The van der Waals surface area contributed by atoms with Crippen LogP contribution in [0, 0.1) is 11.8 Å². The minimum absolute atomic E-state index is 0.0613. The van der Waals surface area contributed by atoms with Crippen molar-refractivity contribution in [2.75, 3.05) is 0 Å². The summed E-state index contributed by atoms with van der Waals surface area (Å²) >= 11 is 0. The van der Waals surface area contributed by atoms with Crippen LogP contribution in [0.3, 0.4) is 0 Å². The summed E-state index contributed by atoms with van der Waals surface area (Å²) in [4.78, 5) is 12.2. The Morgan fingerprint density at radius 3 is 2.16 bits per heavy atom. The number of alkyl halides is 7. The van der Waals surface area contributed by atoms with Gasteiger partial charge in [-0.3, -0.25) is 4.79 Å². The average Bonchev–Trinajstić information content (AvgIpc) is 3.08. The fourth-order valence-electron chi connectivity index (χ4n) is 5.23. The summed E-state index contributed by atoms with van der Waals surface area (Å²) in [6.07, 6.45) is -10.0. The molecule has 180 valence electrons. The van der Waals surface area contributed by atoms with E-state index in [2.05, 4.69) is 5.32 Å². The van der Waals surface area contributed by atoms with E-state index in [1.807, 2.05) is 6.92 Å². The van der Waals surface area contributed by atoms with Crippen LogP contribution in [0.2, 0.25) is 0 Å². The highest BCUT2D eigenvalue weighted by atomic mass is 19.4. The molecule has 1 unspecified atom stereocenters. The molecule has 1 aromatic carbocycles. The SMILES string of the molecule is CC(NC(=O)C(C)(C)N)[C@@H]1CC[C@H]2c3ccc(C(F)(C(F)(F)F)C(F)(F)F)cc3CC[C@H]21. The lowest BCUT2D eigenvalue weighted by Gasteiger charge is -2.36. The molecule has 0 aliphatic heterocycles. The lowest BCUT2D eigenvalue weighted by molar-refractivity contribution is -0.348. The van der Waals surface area contributed by atoms with E-state index >= 15 is 0 Å². The van der Waals surface area contributed by atoms with Crippen molar-refractivity contribution in [2.45, 2.75) is 82.0 Å². The molecule has 0 bridgehead atoms. The number of benzene rings is 1. The number of rotatable bonds is 4. The molecule has 1 amide bonds. The Balaban J connectivity index is 1.87. The van der Waals surface area contributed by atoms with Crippen LogP contribution in [0.5, 0.6) is 0 Å². The number of carbonyl (C=O) groups excluding carboxylic acids is 1. The number of nitrogens with two attached hydrogens (primary N) is 1. The molecule has 32 heavy (non-hydrogen) atoms. The first kappa shape index (κ1) is 24.8. The number of hydrogen-bond donors (Lipinski definition) is 2. The maximum absolute atomic E-state index is 14.5. The average molecular weight is 468 g/mol. The predicted molar refractivity (Wildman–Crippen MR) is 104 cm³/mol. The van der Waals surface area contributed by atoms with Gasteiger partial charge in [0.1, 0.15) is 0 Å². The molecular weight excluding hydrogens is 441 g/mol. The number of halogens is 7. The van der Waals surface area contributed by atoms with Gasteiger partial charge in [-0.05, 0) is 75.3 Å². The van der Waals surface area contributed by atoms with E-state index in [1.165, 1.54) is 6.07 Å². The number of fused-ring (bicyclic) bond motifs is 3. The largest absolute Gasteiger partial charge is 0.435 e. The van der Waals surface area contributed by atoms with Crippen molar-refractivity contribution < 1.29 is 35.5 Å². The van der Waals surface area contributed by atoms with Crippen molar-refractivity contribution >= 4 is 5.91 Å². The standard InChI is InChI=1S/C22H27F7N2O/c1-11(31-18(32)19(2,3)30)14-8-9-17-15-7-5-13(10-12(15)4-6-16(14)17)20(23,21(24,25)26)22(27,28)29/h5,7,10-11,14,16-17H,4,6,8-9,30H2,1-3H3,(H,31,32)/t11?,14-,16-,17-/m0/s1. The monoisotopic (exact) mass is 468 g/mol. The van der Waals surface area contributed by atoms with E-state index in [1.54, 1.807) is 13.8 Å². The summed E-state index contributed by atoms with van der Waals surface area (Å²) in [7, 11) is 0. The molecule has 3 N–H and O–H groups in total. The summed E-state index contributed by atoms with van der Waals surface area (Å²) in [6, 6.07) is 2.36. The zero-order valence-electron chi connectivity index (χ0n) is 18.0. The minimum atomic E-state index is -6.13. The van der Waals surface area contributed by atoms with E-state index in [9.17, 15) is 35.5 Å². The topological polar surface area (TPSA) is 55.1 Å². The normalized spacial score (nSPS) is 25.2. The van der Waals surface area contributed by atoms with Crippen LogP contribution in [0.4, 0.5) is 30.7 Å². The lowest BCUT2D eigenvalue weighted by Crippen LogP contribution is -2.53. The molecular formula is C22H27F7N2O. The van der Waals surface area contributed by atoms with Gasteiger partial charge in [0, 0.05) is 11.6 Å². The Hall–Kier alpha value is -1.84. The molecule has 0 heterocycles. The van der Waals surface area contributed by atoms with Crippen LogP contribution < -0.4 is 11.1 Å². The first-order valence-electron chi connectivity index (χ1n) is 10.5. The van der Waals surface area contributed by atoms with Gasteiger partial charge in [-0.25, -0.2) is 4.39 Å². The molecule has 4 atom stereocenters. The van der Waals surface area contributed by atoms with Gasteiger partial charge in [-0.2, -0.15) is 26.3 Å². The van der Waals surface area contributed by atoms with Gasteiger partial charge in [0.15, 0.2) is 0 Å². The van der Waals surface area contributed by atoms with Crippen molar-refractivity contribution in [1.82, 2.24) is 5.32 Å². The highest BCUT2D eigenvalue weighted by molar-refractivity contribution is 5.85. The molecule has 1 aromatic rings. The van der Waals surface area contributed by atoms with E-state index in [0.717, 1.165) is 12.5 Å². The van der Waals surface area contributed by atoms with Crippen molar-refractivity contribution in [2.24, 2.45) is 17.6 Å². The zero-order chi connectivity index (χ0) is 24.3. The fourth-order valence-corrected chi connectivity index (χ4v) is 5.23. The third-order valence-corrected chi connectivity index (χ3v) is 6.93. The third kappa shape index (κ3) is 4.10. The van der Waals surface area contributed by atoms with E-state index in [4.69, 9.17) is 5.73 Å². The number of nitrogens with one attached hydrogen (secondary N) is 1. The quantitative estimate of drug-likeness (QED) is 0.592. The minimum Gasteiger partial charge on any atom is -0.352 e. The molecule has 0 aromatic heterocycles. The Labute approximate surface area is 181 Å². The second-order valence-electron chi connectivity index (χ2n) is 9.60. The van der Waals surface area contributed by atoms with Crippen LogP contribution in [-0.4, -0.2) is 29.8 Å². The molecule has 0 radical (unpaired) electrons. The van der Waals surface area contributed by atoms with Gasteiger partial charge in [-0.1, -0.05) is 18.2 Å². The van der Waals surface area contributed by atoms with E-state index < -0.39 is 29.1 Å². The van der Waals surface area contributed by atoms with Gasteiger partial charge in [0.2, 0.25) is 5.91 Å². The molecule has 3 nitrogen and oxygen atoms in total. The maximum atomic E-state index is 14.5. The number of amides is 1. The van der Waals surface area contributed by atoms with E-state index in [-0.39, 0.29) is 36.1 Å². The first-order chi connectivity index (χ1) is 14.5. The molecule has 0 saturated heterocycles. The molecule has 1 fully saturated rings. The van der Waals surface area contributed by atoms with Gasteiger partial charge in [0.25, 0.3) is 0 Å². The van der Waals surface area contributed by atoms with Crippen molar-refractivity contribution in [3.63, 3.8) is 0 Å². The molecule has 1 saturated carbocycles. The highest BCUT2D eigenvalue weighted by Gasteiger charge is 2.73. The van der Waals surface area contributed by atoms with Crippen molar-refractivity contribution in [3.8, 4) is 0 Å². The second kappa shape index (κ2) is 7.88. The number of aryl methyl sites for hydroxylation is 1. The number of hydrogen-bond acceptors (Lipinski definition) is 2. The van der Waals surface area contributed by atoms with Crippen LogP contribution >= 0.6 is 0 Å². The molecule has 3 rings (SSSR count). The predicted octanol–water partition coefficient (Wildman–Crippen LogP) is 5.27.